The summed E-state index contributed by atoms with van der Waals surface area (Å²) < 4.78 is 4.73. The Morgan fingerprint density at radius 1 is 1.58 bits per heavy atom. The molecule has 2 atom stereocenters. The van der Waals surface area contributed by atoms with Gasteiger partial charge >= 0.3 is 5.97 Å². The van der Waals surface area contributed by atoms with E-state index in [4.69, 9.17) is 10.5 Å². The molecule has 4 heteroatoms. The Hall–Kier alpha value is -1.55. The maximum Gasteiger partial charge on any atom is 0.308 e. The Morgan fingerprint density at radius 2 is 2.37 bits per heavy atom. The van der Waals surface area contributed by atoms with Crippen LogP contribution >= 0.6 is 0 Å². The number of fused-ring (bicyclic) bond motifs is 1. The monoisotopic (exact) mass is 262 g/mol. The largest absolute Gasteiger partial charge is 0.469 e. The molecular weight excluding hydrogens is 240 g/mol. The molecule has 0 radical (unpaired) electrons. The predicted molar refractivity (Wildman–Crippen MR) is 75.6 cm³/mol. The van der Waals surface area contributed by atoms with E-state index in [-0.39, 0.29) is 17.9 Å². The first-order valence-corrected chi connectivity index (χ1v) is 6.81. The lowest BCUT2D eigenvalue weighted by molar-refractivity contribution is -0.145. The van der Waals surface area contributed by atoms with Gasteiger partial charge in [-0.15, -0.1) is 0 Å². The zero-order valence-corrected chi connectivity index (χ0v) is 11.6. The highest BCUT2D eigenvalue weighted by Gasteiger charge is 2.19. The molecule has 0 bridgehead atoms. The third-order valence-electron chi connectivity index (χ3n) is 3.70. The lowest BCUT2D eigenvalue weighted by Crippen LogP contribution is -2.28. The van der Waals surface area contributed by atoms with E-state index in [1.54, 1.807) is 0 Å². The zero-order valence-electron chi connectivity index (χ0n) is 11.6. The van der Waals surface area contributed by atoms with Gasteiger partial charge in [0, 0.05) is 17.9 Å². The number of rotatable bonds is 5. The van der Waals surface area contributed by atoms with Crippen molar-refractivity contribution in [3.8, 4) is 0 Å². The van der Waals surface area contributed by atoms with Crippen molar-refractivity contribution in [2.24, 2.45) is 11.7 Å². The number of allylic oxidation sites excluding steroid dienone is 1. The molecule has 0 fully saturated rings. The number of methoxy groups -OCH3 is 1. The van der Waals surface area contributed by atoms with Gasteiger partial charge in [-0.25, -0.2) is 0 Å². The van der Waals surface area contributed by atoms with E-state index in [0.717, 1.165) is 19.3 Å². The fraction of sp³-hybridized carbons (Fsp3) is 0.533. The molecule has 1 aliphatic carbocycles. The zero-order chi connectivity index (χ0) is 13.8. The molecule has 0 aromatic carbocycles. The molecular formula is C15H22N2O2. The number of nitrogens with two attached hydrogens (primary N) is 1. The van der Waals surface area contributed by atoms with Crippen LogP contribution in [0.4, 0.5) is 0 Å². The number of hydrogen-bond acceptors (Lipinski definition) is 3. The Balaban J connectivity index is 1.96. The van der Waals surface area contributed by atoms with Crippen molar-refractivity contribution >= 4 is 12.0 Å². The van der Waals surface area contributed by atoms with Crippen molar-refractivity contribution in [2.45, 2.75) is 38.6 Å². The van der Waals surface area contributed by atoms with Gasteiger partial charge in [0.05, 0.1) is 13.0 Å². The van der Waals surface area contributed by atoms with E-state index in [0.29, 0.717) is 6.42 Å². The van der Waals surface area contributed by atoms with Crippen LogP contribution in [0.2, 0.25) is 0 Å². The van der Waals surface area contributed by atoms with Gasteiger partial charge in [0.25, 0.3) is 0 Å². The second-order valence-electron chi connectivity index (χ2n) is 5.27. The van der Waals surface area contributed by atoms with E-state index in [2.05, 4.69) is 17.1 Å². The van der Waals surface area contributed by atoms with Crippen LogP contribution in [0.1, 0.15) is 36.6 Å². The number of aromatic amines is 1. The molecule has 0 saturated carbocycles. The minimum absolute atomic E-state index is 0.0140. The number of hydrogen-bond donors (Lipinski definition) is 2. The SMILES string of the molecule is COC(=O)C(C)CC(N)Cc1c[nH]c2c1CCC=C2. The second kappa shape index (κ2) is 6.06. The van der Waals surface area contributed by atoms with Gasteiger partial charge in [-0.05, 0) is 42.9 Å². The summed E-state index contributed by atoms with van der Waals surface area (Å²) in [6, 6.07) is -0.0140. The summed E-state index contributed by atoms with van der Waals surface area (Å²) in [5, 5.41) is 0. The van der Waals surface area contributed by atoms with Gasteiger partial charge in [-0.1, -0.05) is 13.0 Å². The lowest BCUT2D eigenvalue weighted by Gasteiger charge is -2.16. The van der Waals surface area contributed by atoms with Crippen LogP contribution in [0.3, 0.4) is 0 Å². The number of carbonyl (C=O) groups is 1. The number of esters is 1. The molecule has 19 heavy (non-hydrogen) atoms. The highest BCUT2D eigenvalue weighted by molar-refractivity contribution is 5.71. The number of aromatic nitrogens is 1. The normalized spacial score (nSPS) is 16.8. The fourth-order valence-electron chi connectivity index (χ4n) is 2.68. The van der Waals surface area contributed by atoms with Crippen molar-refractivity contribution in [3.05, 3.63) is 29.1 Å². The number of ether oxygens (including phenoxy) is 1. The molecule has 104 valence electrons. The van der Waals surface area contributed by atoms with Crippen LogP contribution in [0.5, 0.6) is 0 Å². The first kappa shape index (κ1) is 13.9. The van der Waals surface area contributed by atoms with Crippen LogP contribution < -0.4 is 5.73 Å². The molecule has 1 heterocycles. The van der Waals surface area contributed by atoms with Crippen LogP contribution in [0.15, 0.2) is 12.3 Å². The molecule has 0 aliphatic heterocycles. The predicted octanol–water partition coefficient (Wildman–Crippen LogP) is 2.04. The van der Waals surface area contributed by atoms with Crippen molar-refractivity contribution in [1.82, 2.24) is 4.98 Å². The minimum Gasteiger partial charge on any atom is -0.469 e. The molecule has 4 nitrogen and oxygen atoms in total. The quantitative estimate of drug-likeness (QED) is 0.798. The number of carbonyl (C=O) groups excluding carboxylic acids is 1. The molecule has 0 spiro atoms. The number of nitrogens with one attached hydrogen (secondary N) is 1. The maximum absolute atomic E-state index is 11.4. The molecule has 1 aromatic heterocycles. The summed E-state index contributed by atoms with van der Waals surface area (Å²) >= 11 is 0. The Labute approximate surface area is 114 Å². The third kappa shape index (κ3) is 3.26. The van der Waals surface area contributed by atoms with E-state index < -0.39 is 0 Å². The highest BCUT2D eigenvalue weighted by Crippen LogP contribution is 2.24. The molecule has 0 amide bonds. The summed E-state index contributed by atoms with van der Waals surface area (Å²) in [6.45, 7) is 1.86. The third-order valence-corrected chi connectivity index (χ3v) is 3.70. The van der Waals surface area contributed by atoms with E-state index in [1.165, 1.54) is 23.9 Å². The Kier molecular flexibility index (Phi) is 4.43. The molecule has 0 saturated heterocycles. The van der Waals surface area contributed by atoms with Gasteiger partial charge in [0.1, 0.15) is 0 Å². The Morgan fingerprint density at radius 3 is 3.11 bits per heavy atom. The smallest absolute Gasteiger partial charge is 0.308 e. The van der Waals surface area contributed by atoms with Gasteiger partial charge < -0.3 is 15.5 Å². The van der Waals surface area contributed by atoms with Crippen molar-refractivity contribution in [3.63, 3.8) is 0 Å². The standard InChI is InChI=1S/C15H22N2O2/c1-10(15(18)19-2)7-12(16)8-11-9-17-14-6-4-3-5-13(11)14/h4,6,9-10,12,17H,3,5,7-8,16H2,1-2H3. The Bertz CT molecular complexity index is 476. The topological polar surface area (TPSA) is 68.1 Å². The molecule has 2 rings (SSSR count). The highest BCUT2D eigenvalue weighted by atomic mass is 16.5. The van der Waals surface area contributed by atoms with Crippen molar-refractivity contribution in [2.75, 3.05) is 7.11 Å². The van der Waals surface area contributed by atoms with E-state index in [9.17, 15) is 4.79 Å². The maximum atomic E-state index is 11.4. The first-order valence-electron chi connectivity index (χ1n) is 6.81. The second-order valence-corrected chi connectivity index (χ2v) is 5.27. The van der Waals surface area contributed by atoms with Gasteiger partial charge in [0.2, 0.25) is 0 Å². The van der Waals surface area contributed by atoms with Crippen LogP contribution in [-0.4, -0.2) is 24.1 Å². The summed E-state index contributed by atoms with van der Waals surface area (Å²) in [4.78, 5) is 14.7. The summed E-state index contributed by atoms with van der Waals surface area (Å²) in [5.74, 6) is -0.329. The summed E-state index contributed by atoms with van der Waals surface area (Å²) in [6.07, 6.45) is 9.98. The fourth-order valence-corrected chi connectivity index (χ4v) is 2.68. The van der Waals surface area contributed by atoms with E-state index in [1.807, 2.05) is 13.1 Å². The average molecular weight is 262 g/mol. The van der Waals surface area contributed by atoms with Crippen molar-refractivity contribution in [1.29, 1.82) is 0 Å². The van der Waals surface area contributed by atoms with E-state index >= 15 is 0 Å². The van der Waals surface area contributed by atoms with Gasteiger partial charge in [0.15, 0.2) is 0 Å². The van der Waals surface area contributed by atoms with Crippen LogP contribution in [0.25, 0.3) is 6.08 Å². The molecule has 1 aliphatic rings. The molecule has 1 aromatic rings. The van der Waals surface area contributed by atoms with Crippen molar-refractivity contribution < 1.29 is 9.53 Å². The van der Waals surface area contributed by atoms with Crippen LogP contribution in [0, 0.1) is 5.92 Å². The average Bonchev–Trinajstić information content (AvgIpc) is 2.81. The molecule has 3 N–H and O–H groups in total. The van der Waals surface area contributed by atoms with Gasteiger partial charge in [-0.2, -0.15) is 0 Å². The summed E-state index contributed by atoms with van der Waals surface area (Å²) in [5.41, 5.74) is 10.0. The molecule has 2 unspecified atom stereocenters. The number of H-pyrrole nitrogens is 1. The first-order chi connectivity index (χ1) is 9.11. The van der Waals surface area contributed by atoms with Crippen LogP contribution in [-0.2, 0) is 22.4 Å². The lowest BCUT2D eigenvalue weighted by atomic mass is 9.93. The van der Waals surface area contributed by atoms with Gasteiger partial charge in [-0.3, -0.25) is 4.79 Å². The summed E-state index contributed by atoms with van der Waals surface area (Å²) in [7, 11) is 1.42. The minimum atomic E-state index is -0.186.